The summed E-state index contributed by atoms with van der Waals surface area (Å²) in [5, 5.41) is 9.05. The Kier molecular flexibility index (Phi) is 6.34. The number of ether oxygens (including phenoxy) is 1. The van der Waals surface area contributed by atoms with Gasteiger partial charge in [-0.1, -0.05) is 32.9 Å². The summed E-state index contributed by atoms with van der Waals surface area (Å²) < 4.78 is 31.3. The molecule has 0 aromatic heterocycles. The quantitative estimate of drug-likeness (QED) is 0.830. The van der Waals surface area contributed by atoms with Crippen molar-refractivity contribution in [2.75, 3.05) is 33.4 Å². The molecule has 1 aromatic rings. The lowest BCUT2D eigenvalue weighted by Crippen LogP contribution is -2.36. The smallest absolute Gasteiger partial charge is 0.243 e. The highest BCUT2D eigenvalue weighted by Crippen LogP contribution is 2.24. The van der Waals surface area contributed by atoms with E-state index in [1.807, 2.05) is 12.1 Å². The van der Waals surface area contributed by atoms with E-state index in [4.69, 9.17) is 9.84 Å². The van der Waals surface area contributed by atoms with E-state index in [1.165, 1.54) is 11.4 Å². The zero-order valence-corrected chi connectivity index (χ0v) is 14.0. The summed E-state index contributed by atoms with van der Waals surface area (Å²) in [6, 6.07) is 6.90. The molecule has 1 rings (SSSR count). The lowest BCUT2D eigenvalue weighted by atomic mass is 9.87. The predicted molar refractivity (Wildman–Crippen MR) is 82.9 cm³/mol. The molecule has 120 valence electrons. The van der Waals surface area contributed by atoms with Crippen molar-refractivity contribution >= 4 is 10.0 Å². The van der Waals surface area contributed by atoms with Crippen molar-refractivity contribution in [1.29, 1.82) is 0 Å². The Hall–Kier alpha value is -0.950. The molecule has 0 bridgehead atoms. The minimum absolute atomic E-state index is 0.0247. The summed E-state index contributed by atoms with van der Waals surface area (Å²) in [6.07, 6.45) is 0. The molecule has 5 nitrogen and oxygen atoms in total. The van der Waals surface area contributed by atoms with E-state index in [9.17, 15) is 8.42 Å². The first kappa shape index (κ1) is 18.1. The lowest BCUT2D eigenvalue weighted by Gasteiger charge is -2.22. The number of aliphatic hydroxyl groups is 1. The Labute approximate surface area is 127 Å². The first-order valence-electron chi connectivity index (χ1n) is 6.94. The van der Waals surface area contributed by atoms with Gasteiger partial charge < -0.3 is 9.84 Å². The third kappa shape index (κ3) is 4.78. The molecule has 0 aliphatic carbocycles. The van der Waals surface area contributed by atoms with Gasteiger partial charge in [-0.15, -0.1) is 0 Å². The Bertz CT molecular complexity index is 532. The van der Waals surface area contributed by atoms with E-state index in [0.717, 1.165) is 5.56 Å². The van der Waals surface area contributed by atoms with Crippen LogP contribution in [0.15, 0.2) is 29.2 Å². The Morgan fingerprint density at radius 3 is 2.14 bits per heavy atom. The van der Waals surface area contributed by atoms with Gasteiger partial charge >= 0.3 is 0 Å². The predicted octanol–water partition coefficient (Wildman–Crippen LogP) is 1.61. The normalized spacial score (nSPS) is 12.9. The summed E-state index contributed by atoms with van der Waals surface area (Å²) in [6.45, 7) is 6.59. The molecule has 0 heterocycles. The second-order valence-corrected chi connectivity index (χ2v) is 7.83. The standard InChI is InChI=1S/C15H25NO4S/c1-15(2,3)13-5-7-14(8-6-13)21(18,19)16(9-11-17)10-12-20-4/h5-8,17H,9-12H2,1-4H3. The van der Waals surface area contributed by atoms with Crippen LogP contribution in [0, 0.1) is 0 Å². The van der Waals surface area contributed by atoms with Gasteiger partial charge in [0.25, 0.3) is 0 Å². The van der Waals surface area contributed by atoms with E-state index < -0.39 is 10.0 Å². The molecule has 21 heavy (non-hydrogen) atoms. The van der Waals surface area contributed by atoms with Gasteiger partial charge in [-0.25, -0.2) is 8.42 Å². The fraction of sp³-hybridized carbons (Fsp3) is 0.600. The number of methoxy groups -OCH3 is 1. The molecule has 0 spiro atoms. The van der Waals surface area contributed by atoms with Gasteiger partial charge in [0.1, 0.15) is 0 Å². The summed E-state index contributed by atoms with van der Waals surface area (Å²) in [7, 11) is -2.09. The Morgan fingerprint density at radius 2 is 1.71 bits per heavy atom. The Balaban J connectivity index is 3.04. The molecule has 6 heteroatoms. The lowest BCUT2D eigenvalue weighted by molar-refractivity contribution is 0.168. The average Bonchev–Trinajstić information content (AvgIpc) is 2.42. The van der Waals surface area contributed by atoms with Crippen molar-refractivity contribution < 1.29 is 18.3 Å². The number of benzene rings is 1. The van der Waals surface area contributed by atoms with Crippen LogP contribution in [-0.4, -0.2) is 51.2 Å². The van der Waals surface area contributed by atoms with Crippen molar-refractivity contribution in [3.63, 3.8) is 0 Å². The second kappa shape index (κ2) is 7.35. The van der Waals surface area contributed by atoms with E-state index in [-0.39, 0.29) is 30.0 Å². The van der Waals surface area contributed by atoms with Crippen LogP contribution < -0.4 is 0 Å². The maximum atomic E-state index is 12.5. The fourth-order valence-corrected chi connectivity index (χ4v) is 3.35. The molecule has 0 amide bonds. The molecule has 0 saturated heterocycles. The third-order valence-corrected chi connectivity index (χ3v) is 5.17. The maximum absolute atomic E-state index is 12.5. The van der Waals surface area contributed by atoms with E-state index >= 15 is 0 Å². The molecule has 1 N–H and O–H groups in total. The van der Waals surface area contributed by atoms with Crippen LogP contribution in [0.4, 0.5) is 0 Å². The van der Waals surface area contributed by atoms with Crippen LogP contribution in [-0.2, 0) is 20.2 Å². The van der Waals surface area contributed by atoms with Gasteiger partial charge in [0, 0.05) is 20.2 Å². The first-order chi connectivity index (χ1) is 9.73. The van der Waals surface area contributed by atoms with Gasteiger partial charge in [0.2, 0.25) is 10.0 Å². The molecule has 0 unspecified atom stereocenters. The number of rotatable bonds is 7. The second-order valence-electron chi connectivity index (χ2n) is 5.89. The maximum Gasteiger partial charge on any atom is 0.243 e. The fourth-order valence-electron chi connectivity index (χ4n) is 1.93. The van der Waals surface area contributed by atoms with Crippen molar-refractivity contribution in [2.24, 2.45) is 0 Å². The number of hydrogen-bond donors (Lipinski definition) is 1. The topological polar surface area (TPSA) is 66.8 Å². The summed E-state index contributed by atoms with van der Waals surface area (Å²) in [5.41, 5.74) is 1.05. The molecule has 0 fully saturated rings. The van der Waals surface area contributed by atoms with Crippen LogP contribution in [0.1, 0.15) is 26.3 Å². The van der Waals surface area contributed by atoms with Crippen molar-refractivity contribution in [3.05, 3.63) is 29.8 Å². The van der Waals surface area contributed by atoms with Gasteiger partial charge in [-0.2, -0.15) is 4.31 Å². The SMILES string of the molecule is COCCN(CCO)S(=O)(=O)c1ccc(C(C)(C)C)cc1. The molecule has 1 aromatic carbocycles. The number of hydrogen-bond acceptors (Lipinski definition) is 4. The largest absolute Gasteiger partial charge is 0.395 e. The number of nitrogens with zero attached hydrogens (tertiary/aromatic N) is 1. The summed E-state index contributed by atoms with van der Waals surface area (Å²) >= 11 is 0. The Morgan fingerprint density at radius 1 is 1.14 bits per heavy atom. The van der Waals surface area contributed by atoms with Crippen LogP contribution in [0.5, 0.6) is 0 Å². The third-order valence-electron chi connectivity index (χ3n) is 3.25. The molecule has 0 saturated carbocycles. The van der Waals surface area contributed by atoms with E-state index in [2.05, 4.69) is 20.8 Å². The highest BCUT2D eigenvalue weighted by molar-refractivity contribution is 7.89. The zero-order valence-electron chi connectivity index (χ0n) is 13.2. The van der Waals surface area contributed by atoms with E-state index in [0.29, 0.717) is 6.61 Å². The van der Waals surface area contributed by atoms with Gasteiger partial charge in [-0.3, -0.25) is 0 Å². The zero-order chi connectivity index (χ0) is 16.1. The van der Waals surface area contributed by atoms with Crippen molar-refractivity contribution in [2.45, 2.75) is 31.1 Å². The highest BCUT2D eigenvalue weighted by atomic mass is 32.2. The first-order valence-corrected chi connectivity index (χ1v) is 8.38. The minimum atomic E-state index is -3.60. The van der Waals surface area contributed by atoms with Crippen LogP contribution in [0.2, 0.25) is 0 Å². The van der Waals surface area contributed by atoms with Crippen LogP contribution in [0.3, 0.4) is 0 Å². The van der Waals surface area contributed by atoms with Gasteiger partial charge in [0.05, 0.1) is 18.1 Å². The van der Waals surface area contributed by atoms with Crippen LogP contribution >= 0.6 is 0 Å². The average molecular weight is 315 g/mol. The number of sulfonamides is 1. The molecular weight excluding hydrogens is 290 g/mol. The highest BCUT2D eigenvalue weighted by Gasteiger charge is 2.24. The summed E-state index contributed by atoms with van der Waals surface area (Å²) in [5.74, 6) is 0. The molecule has 0 atom stereocenters. The van der Waals surface area contributed by atoms with Crippen molar-refractivity contribution in [3.8, 4) is 0 Å². The number of aliphatic hydroxyl groups excluding tert-OH is 1. The molecule has 0 aliphatic rings. The van der Waals surface area contributed by atoms with E-state index in [1.54, 1.807) is 12.1 Å². The van der Waals surface area contributed by atoms with Gasteiger partial charge in [0.15, 0.2) is 0 Å². The van der Waals surface area contributed by atoms with Crippen molar-refractivity contribution in [1.82, 2.24) is 4.31 Å². The monoisotopic (exact) mass is 315 g/mol. The summed E-state index contributed by atoms with van der Waals surface area (Å²) in [4.78, 5) is 0.236. The minimum Gasteiger partial charge on any atom is -0.395 e. The molecule has 0 radical (unpaired) electrons. The molecule has 0 aliphatic heterocycles. The van der Waals surface area contributed by atoms with Crippen LogP contribution in [0.25, 0.3) is 0 Å². The van der Waals surface area contributed by atoms with Gasteiger partial charge in [-0.05, 0) is 23.1 Å². The molecular formula is C15H25NO4S.